The summed E-state index contributed by atoms with van der Waals surface area (Å²) in [6, 6.07) is 2.72. The molecule has 35 heavy (non-hydrogen) atoms. The molecule has 3 aromatic rings. The van der Waals surface area contributed by atoms with Gasteiger partial charge in [0.15, 0.2) is 6.17 Å². The first-order chi connectivity index (χ1) is 16.9. The molecule has 3 N–H and O–H groups in total. The first kappa shape index (κ1) is 25.1. The predicted octanol–water partition coefficient (Wildman–Crippen LogP) is 2.97. The van der Waals surface area contributed by atoms with E-state index in [9.17, 15) is 14.0 Å². The Morgan fingerprint density at radius 2 is 2.14 bits per heavy atom. The van der Waals surface area contributed by atoms with Gasteiger partial charge in [-0.05, 0) is 40.6 Å². The van der Waals surface area contributed by atoms with Gasteiger partial charge in [0.25, 0.3) is 11.8 Å². The van der Waals surface area contributed by atoms with Crippen LogP contribution in [0, 0.1) is 17.8 Å². The molecule has 9 nitrogen and oxygen atoms in total. The molecule has 12 heteroatoms. The summed E-state index contributed by atoms with van der Waals surface area (Å²) in [5, 5.41) is 7.99. The Labute approximate surface area is 215 Å². The summed E-state index contributed by atoms with van der Waals surface area (Å²) in [6.45, 7) is 1.86. The lowest BCUT2D eigenvalue weighted by Gasteiger charge is -2.19. The highest BCUT2D eigenvalue weighted by molar-refractivity contribution is 14.2. The predicted molar refractivity (Wildman–Crippen MR) is 139 cm³/mol. The highest BCUT2D eigenvalue weighted by atomic mass is 127. The molecule has 182 valence electrons. The molecular weight excluding hydrogens is 587 g/mol. The molecule has 0 saturated carbocycles. The molecule has 0 bridgehead atoms. The molecule has 1 fully saturated rings. The van der Waals surface area contributed by atoms with Crippen LogP contribution in [0.25, 0.3) is 10.8 Å². The number of aromatic nitrogens is 3. The number of nitrogens with zero attached hydrogens (tertiary/aromatic N) is 3. The van der Waals surface area contributed by atoms with Crippen LogP contribution in [0.4, 0.5) is 4.39 Å². The van der Waals surface area contributed by atoms with Gasteiger partial charge in [-0.15, -0.1) is 0 Å². The Kier molecular flexibility index (Phi) is 7.72. The lowest BCUT2D eigenvalue weighted by Crippen LogP contribution is -2.34. The maximum Gasteiger partial charge on any atom is 0.255 e. The monoisotopic (exact) mass is 609 g/mol. The average Bonchev–Trinajstić information content (AvgIpc) is 3.43. The standard InChI is InChI=1S/C23H22FIN5O4P/c1-3-14-18(29-22(32)20(14)24)11-34-23-16-7-19(33-2)17(21(26)31)6-15(16)13(9-27-23)5-4-12-8-28-30(10-12)35-25/h6-10,14,18,20,35H,3,11H2,1-2H3,(H2,26,31)(H,29,32)/t14-,18+,20-/m0/s1. The van der Waals surface area contributed by atoms with E-state index in [-0.39, 0.29) is 23.8 Å². The maximum atomic E-state index is 14.2. The van der Waals surface area contributed by atoms with Crippen LogP contribution in [0.2, 0.25) is 0 Å². The summed E-state index contributed by atoms with van der Waals surface area (Å²) in [4.78, 5) is 28.2. The van der Waals surface area contributed by atoms with Crippen molar-refractivity contribution in [2.45, 2.75) is 25.6 Å². The minimum atomic E-state index is -1.56. The molecular formula is C23H22FIN5O4P. The number of halogens is 2. The number of amides is 2. The lowest BCUT2D eigenvalue weighted by molar-refractivity contribution is -0.123. The number of primary amides is 1. The summed E-state index contributed by atoms with van der Waals surface area (Å²) >= 11 is 2.22. The Bertz CT molecular complexity index is 1350. The molecule has 1 aliphatic rings. The van der Waals surface area contributed by atoms with Gasteiger partial charge >= 0.3 is 0 Å². The number of nitrogens with one attached hydrogen (secondary N) is 1. The number of alkyl halides is 1. The third-order valence-electron chi connectivity index (χ3n) is 5.79. The van der Waals surface area contributed by atoms with Gasteiger partial charge < -0.3 is 20.5 Å². The number of hydrogen-bond acceptors (Lipinski definition) is 6. The second-order valence-electron chi connectivity index (χ2n) is 7.85. The van der Waals surface area contributed by atoms with Crippen LogP contribution in [-0.2, 0) is 4.79 Å². The van der Waals surface area contributed by atoms with Gasteiger partial charge in [-0.3, -0.25) is 9.59 Å². The van der Waals surface area contributed by atoms with Gasteiger partial charge in [0.2, 0.25) is 5.88 Å². The molecule has 4 atom stereocenters. The molecule has 4 rings (SSSR count). The molecule has 1 aliphatic heterocycles. The van der Waals surface area contributed by atoms with Crippen LogP contribution in [0.15, 0.2) is 30.7 Å². The number of nitrogens with two attached hydrogens (primary N) is 1. The third-order valence-corrected chi connectivity index (χ3v) is 7.69. The van der Waals surface area contributed by atoms with Crippen molar-refractivity contribution in [1.29, 1.82) is 0 Å². The maximum absolute atomic E-state index is 14.2. The van der Waals surface area contributed by atoms with E-state index >= 15 is 0 Å². The van der Waals surface area contributed by atoms with E-state index in [1.165, 1.54) is 13.3 Å². The van der Waals surface area contributed by atoms with E-state index in [1.54, 1.807) is 22.8 Å². The van der Waals surface area contributed by atoms with E-state index in [2.05, 4.69) is 49.3 Å². The van der Waals surface area contributed by atoms with Gasteiger partial charge in [-0.1, -0.05) is 18.8 Å². The van der Waals surface area contributed by atoms with Crippen molar-refractivity contribution in [2.24, 2.45) is 11.7 Å². The smallest absolute Gasteiger partial charge is 0.255 e. The van der Waals surface area contributed by atoms with Crippen molar-refractivity contribution in [3.8, 4) is 23.5 Å². The summed E-state index contributed by atoms with van der Waals surface area (Å²) < 4.78 is 27.2. The number of carbonyl (C=O) groups is 2. The van der Waals surface area contributed by atoms with Gasteiger partial charge in [0, 0.05) is 29.1 Å². The van der Waals surface area contributed by atoms with Crippen molar-refractivity contribution < 1.29 is 23.5 Å². The molecule has 1 unspecified atom stereocenters. The van der Waals surface area contributed by atoms with Crippen LogP contribution in [0.3, 0.4) is 0 Å². The quantitative estimate of drug-likeness (QED) is 0.242. The summed E-state index contributed by atoms with van der Waals surface area (Å²) in [6.07, 6.45) is 4.42. The molecule has 1 aromatic carbocycles. The zero-order valence-corrected chi connectivity index (χ0v) is 22.0. The van der Waals surface area contributed by atoms with Gasteiger partial charge in [0.05, 0.1) is 42.4 Å². The lowest BCUT2D eigenvalue weighted by atomic mass is 9.97. The summed E-state index contributed by atoms with van der Waals surface area (Å²) in [5.41, 5.74) is 7.03. The Balaban J connectivity index is 1.74. The fourth-order valence-corrected chi connectivity index (χ4v) is 5.06. The highest BCUT2D eigenvalue weighted by Crippen LogP contribution is 2.33. The molecule has 3 heterocycles. The Hall–Kier alpha value is -2.97. The van der Waals surface area contributed by atoms with E-state index in [0.29, 0.717) is 29.1 Å². The average molecular weight is 609 g/mol. The largest absolute Gasteiger partial charge is 0.496 e. The van der Waals surface area contributed by atoms with E-state index in [0.717, 1.165) is 5.56 Å². The van der Waals surface area contributed by atoms with Crippen LogP contribution in [0.5, 0.6) is 11.6 Å². The molecule has 2 aromatic heterocycles. The van der Waals surface area contributed by atoms with Crippen molar-refractivity contribution in [3.05, 3.63) is 47.4 Å². The minimum Gasteiger partial charge on any atom is -0.496 e. The Morgan fingerprint density at radius 1 is 1.34 bits per heavy atom. The number of hydrogen-bond donors (Lipinski definition) is 2. The zero-order chi connectivity index (χ0) is 25.1. The van der Waals surface area contributed by atoms with Crippen LogP contribution < -0.4 is 20.5 Å². The Morgan fingerprint density at radius 3 is 2.80 bits per heavy atom. The van der Waals surface area contributed by atoms with Crippen molar-refractivity contribution in [1.82, 2.24) is 19.9 Å². The van der Waals surface area contributed by atoms with Gasteiger partial charge in [0.1, 0.15) is 12.4 Å². The number of ether oxygens (including phenoxy) is 2. The number of benzene rings is 1. The minimum absolute atomic E-state index is 0.0357. The number of rotatable bonds is 7. The normalized spacial score (nSPS) is 19.5. The van der Waals surface area contributed by atoms with Crippen molar-refractivity contribution in [3.63, 3.8) is 0 Å². The van der Waals surface area contributed by atoms with E-state index < -0.39 is 29.9 Å². The molecule has 2 amide bonds. The highest BCUT2D eigenvalue weighted by Gasteiger charge is 2.41. The molecule has 0 spiro atoms. The molecule has 1 saturated heterocycles. The van der Waals surface area contributed by atoms with Crippen LogP contribution >= 0.6 is 28.4 Å². The van der Waals surface area contributed by atoms with Crippen LogP contribution in [0.1, 0.15) is 34.8 Å². The summed E-state index contributed by atoms with van der Waals surface area (Å²) in [7, 11) is 1.43. The fourth-order valence-electron chi connectivity index (χ4n) is 3.98. The first-order valence-corrected chi connectivity index (χ1v) is 14.7. The molecule has 0 radical (unpaired) electrons. The number of methoxy groups -OCH3 is 1. The molecule has 0 aliphatic carbocycles. The second-order valence-corrected chi connectivity index (χ2v) is 9.92. The third kappa shape index (κ3) is 5.18. The van der Waals surface area contributed by atoms with Crippen molar-refractivity contribution in [2.75, 3.05) is 13.7 Å². The second kappa shape index (κ2) is 10.7. The topological polar surface area (TPSA) is 121 Å². The van der Waals surface area contributed by atoms with Gasteiger partial charge in [-0.2, -0.15) is 5.10 Å². The van der Waals surface area contributed by atoms with Crippen molar-refractivity contribution >= 4 is 51.0 Å². The van der Waals surface area contributed by atoms with E-state index in [1.807, 2.05) is 13.1 Å². The first-order valence-electron chi connectivity index (χ1n) is 10.7. The zero-order valence-electron chi connectivity index (χ0n) is 18.8. The van der Waals surface area contributed by atoms with Gasteiger partial charge in [-0.25, -0.2) is 13.8 Å². The number of pyridine rings is 1. The number of carbonyl (C=O) groups excluding carboxylic acids is 2. The van der Waals surface area contributed by atoms with E-state index in [4.69, 9.17) is 15.2 Å². The SMILES string of the molecule is CC[C@@H]1[C@H](F)C(=O)N[C@@H]1COc1ncc(C#Cc2cnn(PI)c2)c2cc(C(N)=O)c(OC)cc12. The van der Waals surface area contributed by atoms with Crippen LogP contribution in [-0.4, -0.2) is 52.3 Å². The number of fused-ring (bicyclic) bond motifs is 1. The fraction of sp³-hybridized carbons (Fsp3) is 0.304. The summed E-state index contributed by atoms with van der Waals surface area (Å²) in [5.74, 6) is 4.86.